The number of ether oxygens (including phenoxy) is 1. The van der Waals surface area contributed by atoms with Crippen LogP contribution in [-0.4, -0.2) is 12.6 Å². The zero-order valence-electron chi connectivity index (χ0n) is 11.6. The number of hydrogen-bond acceptors (Lipinski definition) is 2. The van der Waals surface area contributed by atoms with E-state index in [1.807, 2.05) is 37.3 Å². The Labute approximate surface area is 110 Å². The summed E-state index contributed by atoms with van der Waals surface area (Å²) in [6.45, 7) is 8.75. The third kappa shape index (κ3) is 4.74. The lowest BCUT2D eigenvalue weighted by Crippen LogP contribution is -2.14. The van der Waals surface area contributed by atoms with Crippen LogP contribution in [0.5, 0.6) is 0 Å². The van der Waals surface area contributed by atoms with E-state index >= 15 is 0 Å². The van der Waals surface area contributed by atoms with Gasteiger partial charge in [0.05, 0.1) is 6.61 Å². The maximum Gasteiger partial charge on any atom is 0.331 e. The van der Waals surface area contributed by atoms with Crippen molar-refractivity contribution in [1.29, 1.82) is 0 Å². The highest BCUT2D eigenvalue weighted by Gasteiger charge is 2.09. The molecule has 1 unspecified atom stereocenters. The third-order valence-electron chi connectivity index (χ3n) is 3.19. The molecule has 0 aromatic heterocycles. The second-order valence-electron chi connectivity index (χ2n) is 5.04. The molecule has 0 aliphatic rings. The minimum absolute atomic E-state index is 0.260. The van der Waals surface area contributed by atoms with Gasteiger partial charge in [-0.2, -0.15) is 0 Å². The van der Waals surface area contributed by atoms with Gasteiger partial charge in [0.1, 0.15) is 0 Å². The lowest BCUT2D eigenvalue weighted by Gasteiger charge is -2.14. The molecule has 2 nitrogen and oxygen atoms in total. The Morgan fingerprint density at radius 1 is 1.22 bits per heavy atom. The van der Waals surface area contributed by atoms with Crippen LogP contribution < -0.4 is 0 Å². The van der Waals surface area contributed by atoms with Gasteiger partial charge in [0.2, 0.25) is 0 Å². The van der Waals surface area contributed by atoms with Crippen molar-refractivity contribution in [2.24, 2.45) is 11.8 Å². The Bertz CT molecular complexity index is 404. The van der Waals surface area contributed by atoms with E-state index in [9.17, 15) is 4.79 Å². The number of rotatable bonds is 5. The van der Waals surface area contributed by atoms with Crippen LogP contribution in [0.3, 0.4) is 0 Å². The second kappa shape index (κ2) is 7.00. The highest BCUT2D eigenvalue weighted by atomic mass is 16.5. The molecule has 1 aromatic carbocycles. The fourth-order valence-corrected chi connectivity index (χ4v) is 1.41. The van der Waals surface area contributed by atoms with Gasteiger partial charge in [-0.1, -0.05) is 51.1 Å². The van der Waals surface area contributed by atoms with Crippen molar-refractivity contribution in [3.63, 3.8) is 0 Å². The molecule has 18 heavy (non-hydrogen) atoms. The zero-order valence-corrected chi connectivity index (χ0v) is 11.6. The van der Waals surface area contributed by atoms with Crippen molar-refractivity contribution in [2.45, 2.75) is 27.7 Å². The predicted molar refractivity (Wildman–Crippen MR) is 75.1 cm³/mol. The fraction of sp³-hybridized carbons (Fsp3) is 0.438. The average Bonchev–Trinajstić information content (AvgIpc) is 2.36. The van der Waals surface area contributed by atoms with Gasteiger partial charge >= 0.3 is 5.97 Å². The number of allylic oxidation sites excluding steroid dienone is 1. The van der Waals surface area contributed by atoms with E-state index in [4.69, 9.17) is 4.74 Å². The Hall–Kier alpha value is -1.57. The molecule has 0 heterocycles. The van der Waals surface area contributed by atoms with E-state index in [0.29, 0.717) is 18.4 Å². The maximum absolute atomic E-state index is 11.7. The zero-order chi connectivity index (χ0) is 13.5. The molecule has 0 fully saturated rings. The lowest BCUT2D eigenvalue weighted by molar-refractivity contribution is -0.139. The Kier molecular flexibility index (Phi) is 5.63. The molecule has 0 spiro atoms. The molecule has 0 N–H and O–H groups in total. The molecule has 0 radical (unpaired) electrons. The highest BCUT2D eigenvalue weighted by Crippen LogP contribution is 2.14. The SMILES string of the molecule is CC(=CC(=O)OCC(C)C(C)C)c1ccccc1. The van der Waals surface area contributed by atoms with E-state index in [0.717, 1.165) is 11.1 Å². The molecule has 1 aromatic rings. The summed E-state index contributed by atoms with van der Waals surface area (Å²) in [4.78, 5) is 11.7. The second-order valence-corrected chi connectivity index (χ2v) is 5.04. The predicted octanol–water partition coefficient (Wildman–Crippen LogP) is 3.93. The fourth-order valence-electron chi connectivity index (χ4n) is 1.41. The van der Waals surface area contributed by atoms with Gasteiger partial charge in [-0.05, 0) is 29.9 Å². The lowest BCUT2D eigenvalue weighted by atomic mass is 9.99. The molecule has 1 rings (SSSR count). The Balaban J connectivity index is 2.54. The molecule has 0 aliphatic heterocycles. The first-order chi connectivity index (χ1) is 8.50. The average molecular weight is 246 g/mol. The van der Waals surface area contributed by atoms with Gasteiger partial charge < -0.3 is 4.74 Å². The summed E-state index contributed by atoms with van der Waals surface area (Å²) in [5, 5.41) is 0. The molecule has 0 bridgehead atoms. The first-order valence-corrected chi connectivity index (χ1v) is 6.41. The largest absolute Gasteiger partial charge is 0.462 e. The minimum atomic E-state index is -0.260. The summed E-state index contributed by atoms with van der Waals surface area (Å²) < 4.78 is 5.24. The van der Waals surface area contributed by atoms with Gasteiger partial charge in [-0.3, -0.25) is 0 Å². The summed E-state index contributed by atoms with van der Waals surface area (Å²) in [5.41, 5.74) is 1.98. The van der Waals surface area contributed by atoms with Crippen LogP contribution in [0.4, 0.5) is 0 Å². The Morgan fingerprint density at radius 3 is 2.39 bits per heavy atom. The van der Waals surface area contributed by atoms with Crippen LogP contribution in [0.15, 0.2) is 36.4 Å². The van der Waals surface area contributed by atoms with Crippen molar-refractivity contribution >= 4 is 11.5 Å². The first kappa shape index (κ1) is 14.5. The molecular weight excluding hydrogens is 224 g/mol. The number of hydrogen-bond donors (Lipinski definition) is 0. The van der Waals surface area contributed by atoms with Gasteiger partial charge in [0, 0.05) is 6.08 Å². The van der Waals surface area contributed by atoms with E-state index in [-0.39, 0.29) is 5.97 Å². The number of carbonyl (C=O) groups excluding carboxylic acids is 1. The van der Waals surface area contributed by atoms with Crippen molar-refractivity contribution in [3.05, 3.63) is 42.0 Å². The van der Waals surface area contributed by atoms with Crippen molar-refractivity contribution < 1.29 is 9.53 Å². The maximum atomic E-state index is 11.7. The summed E-state index contributed by atoms with van der Waals surface area (Å²) in [6, 6.07) is 9.84. The Morgan fingerprint density at radius 2 is 1.83 bits per heavy atom. The molecule has 98 valence electrons. The van der Waals surface area contributed by atoms with Gasteiger partial charge in [0.15, 0.2) is 0 Å². The summed E-state index contributed by atoms with van der Waals surface area (Å²) in [6.07, 6.45) is 1.56. The van der Waals surface area contributed by atoms with E-state index < -0.39 is 0 Å². The van der Waals surface area contributed by atoms with E-state index in [1.165, 1.54) is 0 Å². The van der Waals surface area contributed by atoms with Gasteiger partial charge in [-0.15, -0.1) is 0 Å². The number of benzene rings is 1. The number of esters is 1. The summed E-state index contributed by atoms with van der Waals surface area (Å²) >= 11 is 0. The van der Waals surface area contributed by atoms with E-state index in [2.05, 4.69) is 20.8 Å². The summed E-state index contributed by atoms with van der Waals surface area (Å²) in [5.74, 6) is 0.653. The van der Waals surface area contributed by atoms with Crippen molar-refractivity contribution in [3.8, 4) is 0 Å². The van der Waals surface area contributed by atoms with Crippen LogP contribution in [0.2, 0.25) is 0 Å². The normalized spacial score (nSPS) is 13.5. The van der Waals surface area contributed by atoms with Crippen LogP contribution in [-0.2, 0) is 9.53 Å². The standard InChI is InChI=1S/C16H22O2/c1-12(2)14(4)11-18-16(17)10-13(3)15-8-6-5-7-9-15/h5-10,12,14H,11H2,1-4H3. The molecule has 0 saturated heterocycles. The van der Waals surface area contributed by atoms with Crippen LogP contribution in [0.25, 0.3) is 5.57 Å². The number of carbonyl (C=O) groups is 1. The molecule has 2 heteroatoms. The van der Waals surface area contributed by atoms with Gasteiger partial charge in [-0.25, -0.2) is 4.79 Å². The quantitative estimate of drug-likeness (QED) is 0.581. The van der Waals surface area contributed by atoms with Crippen LogP contribution in [0.1, 0.15) is 33.3 Å². The summed E-state index contributed by atoms with van der Waals surface area (Å²) in [7, 11) is 0. The van der Waals surface area contributed by atoms with Crippen molar-refractivity contribution in [2.75, 3.05) is 6.61 Å². The van der Waals surface area contributed by atoms with Crippen molar-refractivity contribution in [1.82, 2.24) is 0 Å². The van der Waals surface area contributed by atoms with Gasteiger partial charge in [0.25, 0.3) is 0 Å². The highest BCUT2D eigenvalue weighted by molar-refractivity contribution is 5.90. The first-order valence-electron chi connectivity index (χ1n) is 6.41. The molecule has 1 atom stereocenters. The third-order valence-corrected chi connectivity index (χ3v) is 3.19. The topological polar surface area (TPSA) is 26.3 Å². The van der Waals surface area contributed by atoms with Crippen LogP contribution in [0, 0.1) is 11.8 Å². The minimum Gasteiger partial charge on any atom is -0.462 e. The molecule has 0 aliphatic carbocycles. The smallest absolute Gasteiger partial charge is 0.331 e. The molecular formula is C16H22O2. The monoisotopic (exact) mass is 246 g/mol. The van der Waals surface area contributed by atoms with E-state index in [1.54, 1.807) is 6.08 Å². The molecule has 0 saturated carbocycles. The molecule has 0 amide bonds. The van der Waals surface area contributed by atoms with Crippen LogP contribution >= 0.6 is 0 Å².